The maximum Gasteiger partial charge on any atom is 0.0571 e. The lowest BCUT2D eigenvalue weighted by Crippen LogP contribution is -2.32. The zero-order valence-corrected chi connectivity index (χ0v) is 13.0. The molecule has 1 saturated heterocycles. The van der Waals surface area contributed by atoms with E-state index in [0.29, 0.717) is 17.3 Å². The lowest BCUT2D eigenvalue weighted by atomic mass is 9.68. The van der Waals surface area contributed by atoms with Gasteiger partial charge in [0.2, 0.25) is 0 Å². The minimum atomic E-state index is -0.0657. The van der Waals surface area contributed by atoms with E-state index in [1.165, 1.54) is 25.7 Å². The summed E-state index contributed by atoms with van der Waals surface area (Å²) in [7, 11) is 0. The Balaban J connectivity index is 1.74. The van der Waals surface area contributed by atoms with Crippen molar-refractivity contribution in [2.24, 2.45) is 23.2 Å². The standard InChI is InChI=1S/C17H32O2/c1-17(2,3)15-6-4-14(5-7-15)16(18)12-13-8-10-19-11-9-13/h13-16,18H,4-12H2,1-3H3. The molecule has 0 aromatic carbocycles. The fourth-order valence-corrected chi connectivity index (χ4v) is 3.89. The molecule has 0 amide bonds. The van der Waals surface area contributed by atoms with Gasteiger partial charge < -0.3 is 9.84 Å². The number of rotatable bonds is 3. The van der Waals surface area contributed by atoms with Gasteiger partial charge >= 0.3 is 0 Å². The molecule has 2 rings (SSSR count). The van der Waals surface area contributed by atoms with Gasteiger partial charge in [-0.1, -0.05) is 20.8 Å². The second kappa shape index (κ2) is 6.58. The van der Waals surface area contributed by atoms with Gasteiger partial charge in [-0.2, -0.15) is 0 Å². The van der Waals surface area contributed by atoms with Crippen LogP contribution in [0.5, 0.6) is 0 Å². The minimum Gasteiger partial charge on any atom is -0.393 e. The molecule has 0 aromatic heterocycles. The molecule has 112 valence electrons. The minimum absolute atomic E-state index is 0.0657. The summed E-state index contributed by atoms with van der Waals surface area (Å²) >= 11 is 0. The van der Waals surface area contributed by atoms with Gasteiger partial charge in [0.15, 0.2) is 0 Å². The van der Waals surface area contributed by atoms with Crippen LogP contribution < -0.4 is 0 Å². The number of ether oxygens (including phenoxy) is 1. The van der Waals surface area contributed by atoms with Crippen molar-refractivity contribution in [2.45, 2.75) is 71.8 Å². The van der Waals surface area contributed by atoms with Crippen molar-refractivity contribution >= 4 is 0 Å². The van der Waals surface area contributed by atoms with E-state index in [9.17, 15) is 5.11 Å². The second-order valence-electron chi connectivity index (χ2n) is 7.84. The molecule has 0 bridgehead atoms. The molecule has 2 fully saturated rings. The third-order valence-electron chi connectivity index (χ3n) is 5.46. The van der Waals surface area contributed by atoms with Crippen molar-refractivity contribution in [1.29, 1.82) is 0 Å². The van der Waals surface area contributed by atoms with Gasteiger partial charge in [-0.25, -0.2) is 0 Å². The molecule has 1 saturated carbocycles. The smallest absolute Gasteiger partial charge is 0.0571 e. The molecule has 1 unspecified atom stereocenters. The van der Waals surface area contributed by atoms with Gasteiger partial charge in [-0.15, -0.1) is 0 Å². The highest BCUT2D eigenvalue weighted by Crippen LogP contribution is 2.41. The Bertz CT molecular complexity index is 255. The first-order chi connectivity index (χ1) is 8.97. The number of aliphatic hydroxyl groups is 1. The Morgan fingerprint density at radius 3 is 2.11 bits per heavy atom. The van der Waals surface area contributed by atoms with Gasteiger partial charge in [0.1, 0.15) is 0 Å². The maximum absolute atomic E-state index is 10.5. The molecule has 2 aliphatic rings. The van der Waals surface area contributed by atoms with Crippen LogP contribution in [0.25, 0.3) is 0 Å². The van der Waals surface area contributed by atoms with E-state index in [1.807, 2.05) is 0 Å². The predicted octanol–water partition coefficient (Wildman–Crippen LogP) is 4.02. The SMILES string of the molecule is CC(C)(C)C1CCC(C(O)CC2CCOCC2)CC1. The summed E-state index contributed by atoms with van der Waals surface area (Å²) in [5, 5.41) is 10.5. The lowest BCUT2D eigenvalue weighted by Gasteiger charge is -2.39. The van der Waals surface area contributed by atoms with Crippen molar-refractivity contribution in [2.75, 3.05) is 13.2 Å². The first kappa shape index (κ1) is 15.3. The summed E-state index contributed by atoms with van der Waals surface area (Å²) in [6, 6.07) is 0. The zero-order valence-electron chi connectivity index (χ0n) is 13.0. The summed E-state index contributed by atoms with van der Waals surface area (Å²) in [5.74, 6) is 2.10. The molecule has 19 heavy (non-hydrogen) atoms. The van der Waals surface area contributed by atoms with Crippen LogP contribution in [0.4, 0.5) is 0 Å². The monoisotopic (exact) mass is 268 g/mol. The van der Waals surface area contributed by atoms with E-state index in [1.54, 1.807) is 0 Å². The summed E-state index contributed by atoms with van der Waals surface area (Å²) in [4.78, 5) is 0. The highest BCUT2D eigenvalue weighted by Gasteiger charge is 2.33. The van der Waals surface area contributed by atoms with Crippen molar-refractivity contribution in [3.63, 3.8) is 0 Å². The first-order valence-corrected chi connectivity index (χ1v) is 8.22. The molecule has 0 radical (unpaired) electrons. The highest BCUT2D eigenvalue weighted by atomic mass is 16.5. The van der Waals surface area contributed by atoms with E-state index in [2.05, 4.69) is 20.8 Å². The normalized spacial score (nSPS) is 32.2. The molecule has 1 atom stereocenters. The van der Waals surface area contributed by atoms with Crippen LogP contribution in [0.15, 0.2) is 0 Å². The van der Waals surface area contributed by atoms with Gasteiger partial charge in [0, 0.05) is 13.2 Å². The predicted molar refractivity (Wildman–Crippen MR) is 79.1 cm³/mol. The molecule has 0 aromatic rings. The molecular weight excluding hydrogens is 236 g/mol. The van der Waals surface area contributed by atoms with Gasteiger partial charge in [-0.3, -0.25) is 0 Å². The van der Waals surface area contributed by atoms with Gasteiger partial charge in [0.25, 0.3) is 0 Å². The Hall–Kier alpha value is -0.0800. The van der Waals surface area contributed by atoms with Crippen LogP contribution in [0.3, 0.4) is 0 Å². The van der Waals surface area contributed by atoms with Crippen LogP contribution in [0.1, 0.15) is 65.7 Å². The molecule has 0 spiro atoms. The summed E-state index contributed by atoms with van der Waals surface area (Å²) in [5.41, 5.74) is 0.441. The number of hydrogen-bond donors (Lipinski definition) is 1. The fraction of sp³-hybridized carbons (Fsp3) is 1.00. The molecular formula is C17H32O2. The van der Waals surface area contributed by atoms with Crippen LogP contribution >= 0.6 is 0 Å². The molecule has 1 aliphatic carbocycles. The van der Waals surface area contributed by atoms with Gasteiger partial charge in [-0.05, 0) is 68.1 Å². The second-order valence-corrected chi connectivity index (χ2v) is 7.84. The van der Waals surface area contributed by atoms with Crippen LogP contribution in [-0.4, -0.2) is 24.4 Å². The Labute approximate surface area is 118 Å². The first-order valence-electron chi connectivity index (χ1n) is 8.22. The maximum atomic E-state index is 10.5. The summed E-state index contributed by atoms with van der Waals surface area (Å²) in [6.45, 7) is 8.87. The molecule has 2 nitrogen and oxygen atoms in total. The van der Waals surface area contributed by atoms with Crippen molar-refractivity contribution < 1.29 is 9.84 Å². The average molecular weight is 268 g/mol. The van der Waals surface area contributed by atoms with Crippen LogP contribution in [0, 0.1) is 23.2 Å². The Kier molecular flexibility index (Phi) is 5.30. The zero-order chi connectivity index (χ0) is 13.9. The van der Waals surface area contributed by atoms with E-state index in [0.717, 1.165) is 38.4 Å². The quantitative estimate of drug-likeness (QED) is 0.838. The molecule has 1 heterocycles. The topological polar surface area (TPSA) is 29.5 Å². The van der Waals surface area contributed by atoms with Crippen molar-refractivity contribution in [1.82, 2.24) is 0 Å². The third kappa shape index (κ3) is 4.46. The van der Waals surface area contributed by atoms with Crippen LogP contribution in [-0.2, 0) is 4.74 Å². The fourth-order valence-electron chi connectivity index (χ4n) is 3.89. The van der Waals surface area contributed by atoms with E-state index in [-0.39, 0.29) is 6.10 Å². The molecule has 1 aliphatic heterocycles. The van der Waals surface area contributed by atoms with E-state index in [4.69, 9.17) is 4.74 Å². The van der Waals surface area contributed by atoms with Crippen molar-refractivity contribution in [3.8, 4) is 0 Å². The highest BCUT2D eigenvalue weighted by molar-refractivity contribution is 4.84. The average Bonchev–Trinajstić information content (AvgIpc) is 2.39. The Morgan fingerprint density at radius 2 is 1.58 bits per heavy atom. The lowest BCUT2D eigenvalue weighted by molar-refractivity contribution is 0.0102. The van der Waals surface area contributed by atoms with E-state index >= 15 is 0 Å². The van der Waals surface area contributed by atoms with Crippen molar-refractivity contribution in [3.05, 3.63) is 0 Å². The Morgan fingerprint density at radius 1 is 1.00 bits per heavy atom. The third-order valence-corrected chi connectivity index (χ3v) is 5.46. The van der Waals surface area contributed by atoms with Crippen LogP contribution in [0.2, 0.25) is 0 Å². The largest absolute Gasteiger partial charge is 0.393 e. The summed E-state index contributed by atoms with van der Waals surface area (Å²) < 4.78 is 5.40. The molecule has 2 heteroatoms. The number of aliphatic hydroxyl groups excluding tert-OH is 1. The molecule has 1 N–H and O–H groups in total. The van der Waals surface area contributed by atoms with E-state index < -0.39 is 0 Å². The van der Waals surface area contributed by atoms with Gasteiger partial charge in [0.05, 0.1) is 6.10 Å². The summed E-state index contributed by atoms with van der Waals surface area (Å²) in [6.07, 6.45) is 8.30. The number of hydrogen-bond acceptors (Lipinski definition) is 2.